The molecule has 0 saturated carbocycles. The molecule has 0 fully saturated rings. The Hall–Kier alpha value is -2.70. The molecule has 0 aliphatic rings. The van der Waals surface area contributed by atoms with Crippen molar-refractivity contribution in [2.45, 2.75) is 85.9 Å². The third-order valence-corrected chi connectivity index (χ3v) is 6.08. The molecule has 3 aromatic rings. The number of unbranched alkanes of at least 4 members (excludes halogenated alkanes) is 2. The van der Waals surface area contributed by atoms with Gasteiger partial charge in [0, 0.05) is 5.69 Å². The van der Waals surface area contributed by atoms with Crippen molar-refractivity contribution in [3.63, 3.8) is 0 Å². The van der Waals surface area contributed by atoms with Crippen molar-refractivity contribution in [2.24, 2.45) is 0 Å². The number of hydrogen-bond acceptors (Lipinski definition) is 3. The number of rotatable bonds is 9. The average molecular weight is 461 g/mol. The molecular weight excluding hydrogens is 425 g/mol. The number of nitrogens with two attached hydrogens (primary N) is 1. The summed E-state index contributed by atoms with van der Waals surface area (Å²) in [6.45, 7) is 8.98. The standard InChI is InChI=1S/C26H35F3N4/c1-6-8-10-19-14-21(30)24-23(20(19)11-9-7-2)32-25(33(24)15-26(27,28)29)31-22-17(4)12-16(3)13-18(22)5/h12-14H,6-11,15,30H2,1-5H3,(H,31,32). The second kappa shape index (κ2) is 10.1. The lowest BCUT2D eigenvalue weighted by atomic mass is 9.95. The Kier molecular flexibility index (Phi) is 7.60. The highest BCUT2D eigenvalue weighted by Gasteiger charge is 2.32. The summed E-state index contributed by atoms with van der Waals surface area (Å²) < 4.78 is 42.1. The van der Waals surface area contributed by atoms with Crippen molar-refractivity contribution in [1.29, 1.82) is 0 Å². The molecule has 0 aliphatic heterocycles. The molecule has 0 atom stereocenters. The molecule has 1 heterocycles. The van der Waals surface area contributed by atoms with Gasteiger partial charge < -0.3 is 11.1 Å². The van der Waals surface area contributed by atoms with Crippen molar-refractivity contribution >= 4 is 28.4 Å². The maximum Gasteiger partial charge on any atom is 0.406 e. The van der Waals surface area contributed by atoms with Gasteiger partial charge in [0.1, 0.15) is 6.54 Å². The second-order valence-electron chi connectivity index (χ2n) is 9.04. The maximum absolute atomic E-state index is 13.6. The van der Waals surface area contributed by atoms with Crippen LogP contribution < -0.4 is 11.1 Å². The van der Waals surface area contributed by atoms with Crippen LogP contribution in [-0.4, -0.2) is 15.7 Å². The number of nitrogens with one attached hydrogen (secondary N) is 1. The Labute approximate surface area is 194 Å². The molecule has 0 saturated heterocycles. The SMILES string of the molecule is CCCCc1cc(N)c2c(nc(Nc3c(C)cc(C)cc3C)n2CC(F)(F)F)c1CCCC. The lowest BCUT2D eigenvalue weighted by molar-refractivity contribution is -0.139. The van der Waals surface area contributed by atoms with Gasteiger partial charge in [-0.3, -0.25) is 4.57 Å². The first kappa shape index (κ1) is 24.9. The molecule has 0 radical (unpaired) electrons. The van der Waals surface area contributed by atoms with Crippen molar-refractivity contribution < 1.29 is 13.2 Å². The first-order valence-electron chi connectivity index (χ1n) is 11.8. The number of aromatic nitrogens is 2. The fourth-order valence-electron chi connectivity index (χ4n) is 4.59. The lowest BCUT2D eigenvalue weighted by Crippen LogP contribution is -2.19. The van der Waals surface area contributed by atoms with Crippen LogP contribution in [0.25, 0.3) is 11.0 Å². The van der Waals surface area contributed by atoms with Gasteiger partial charge in [-0.25, -0.2) is 4.98 Å². The molecule has 0 bridgehead atoms. The van der Waals surface area contributed by atoms with Gasteiger partial charge in [0.05, 0.1) is 16.7 Å². The number of hydrogen-bond donors (Lipinski definition) is 2. The minimum atomic E-state index is -4.40. The van der Waals surface area contributed by atoms with E-state index in [4.69, 9.17) is 10.7 Å². The van der Waals surface area contributed by atoms with E-state index in [0.29, 0.717) is 16.7 Å². The Morgan fingerprint density at radius 1 is 0.970 bits per heavy atom. The normalized spacial score (nSPS) is 12.0. The quantitative estimate of drug-likeness (QED) is 0.324. The van der Waals surface area contributed by atoms with Crippen LogP contribution in [0.1, 0.15) is 67.3 Å². The van der Waals surface area contributed by atoms with Gasteiger partial charge in [-0.05, 0) is 74.8 Å². The summed E-state index contributed by atoms with van der Waals surface area (Å²) in [6.07, 6.45) is 1.20. The van der Waals surface area contributed by atoms with E-state index in [1.807, 2.05) is 39.0 Å². The molecule has 1 aromatic heterocycles. The number of anilines is 3. The minimum absolute atomic E-state index is 0.175. The largest absolute Gasteiger partial charge is 0.406 e. The van der Waals surface area contributed by atoms with Crippen LogP contribution in [0.4, 0.5) is 30.5 Å². The highest BCUT2D eigenvalue weighted by atomic mass is 19.4. The van der Waals surface area contributed by atoms with Crippen LogP contribution in [-0.2, 0) is 19.4 Å². The monoisotopic (exact) mass is 460 g/mol. The molecule has 0 amide bonds. The zero-order chi connectivity index (χ0) is 24.3. The van der Waals surface area contributed by atoms with Crippen LogP contribution >= 0.6 is 0 Å². The van der Waals surface area contributed by atoms with Gasteiger partial charge in [-0.2, -0.15) is 13.2 Å². The van der Waals surface area contributed by atoms with Crippen molar-refractivity contribution in [3.8, 4) is 0 Å². The van der Waals surface area contributed by atoms with E-state index in [1.54, 1.807) is 0 Å². The number of imidazole rings is 1. The van der Waals surface area contributed by atoms with Gasteiger partial charge in [-0.1, -0.05) is 44.4 Å². The summed E-state index contributed by atoms with van der Waals surface area (Å²) in [5, 5.41) is 3.22. The van der Waals surface area contributed by atoms with Gasteiger partial charge in [-0.15, -0.1) is 0 Å². The highest BCUT2D eigenvalue weighted by Crippen LogP contribution is 2.36. The second-order valence-corrected chi connectivity index (χ2v) is 9.04. The van der Waals surface area contributed by atoms with E-state index in [9.17, 15) is 13.2 Å². The van der Waals surface area contributed by atoms with Crippen LogP contribution in [0.3, 0.4) is 0 Å². The number of nitrogens with zero attached hydrogens (tertiary/aromatic N) is 2. The third kappa shape index (κ3) is 5.63. The molecule has 0 spiro atoms. The van der Waals surface area contributed by atoms with E-state index in [-0.39, 0.29) is 5.95 Å². The molecule has 2 aromatic carbocycles. The first-order chi connectivity index (χ1) is 15.6. The van der Waals surface area contributed by atoms with Gasteiger partial charge >= 0.3 is 6.18 Å². The molecular formula is C26H35F3N4. The fourth-order valence-corrected chi connectivity index (χ4v) is 4.59. The van der Waals surface area contributed by atoms with E-state index in [1.165, 1.54) is 4.57 Å². The van der Waals surface area contributed by atoms with Gasteiger partial charge in [0.2, 0.25) is 5.95 Å². The summed E-state index contributed by atoms with van der Waals surface area (Å²) in [5.41, 5.74) is 13.6. The van der Waals surface area contributed by atoms with Crippen LogP contribution in [0.15, 0.2) is 18.2 Å². The zero-order valence-corrected chi connectivity index (χ0v) is 20.3. The first-order valence-corrected chi connectivity index (χ1v) is 11.8. The molecule has 180 valence electrons. The highest BCUT2D eigenvalue weighted by molar-refractivity contribution is 5.93. The molecule has 0 unspecified atom stereocenters. The molecule has 3 rings (SSSR count). The topological polar surface area (TPSA) is 55.9 Å². The Morgan fingerprint density at radius 2 is 1.58 bits per heavy atom. The van der Waals surface area contributed by atoms with E-state index >= 15 is 0 Å². The van der Waals surface area contributed by atoms with Crippen LogP contribution in [0.5, 0.6) is 0 Å². The summed E-state index contributed by atoms with van der Waals surface area (Å²) >= 11 is 0. The van der Waals surface area contributed by atoms with E-state index in [2.05, 4.69) is 19.2 Å². The molecule has 33 heavy (non-hydrogen) atoms. The summed E-state index contributed by atoms with van der Waals surface area (Å²) in [7, 11) is 0. The van der Waals surface area contributed by atoms with Crippen molar-refractivity contribution in [1.82, 2.24) is 9.55 Å². The smallest absolute Gasteiger partial charge is 0.397 e. The third-order valence-electron chi connectivity index (χ3n) is 6.08. The lowest BCUT2D eigenvalue weighted by Gasteiger charge is -2.17. The summed E-state index contributed by atoms with van der Waals surface area (Å²) in [5.74, 6) is 0.175. The molecule has 3 N–H and O–H groups in total. The summed E-state index contributed by atoms with van der Waals surface area (Å²) in [4.78, 5) is 4.75. The number of aryl methyl sites for hydroxylation is 5. The number of halogens is 3. The van der Waals surface area contributed by atoms with Crippen molar-refractivity contribution in [3.05, 3.63) is 46.0 Å². The van der Waals surface area contributed by atoms with Gasteiger partial charge in [0.25, 0.3) is 0 Å². The fraction of sp³-hybridized carbons (Fsp3) is 0.500. The van der Waals surface area contributed by atoms with Crippen molar-refractivity contribution in [2.75, 3.05) is 11.1 Å². The predicted molar refractivity (Wildman–Crippen MR) is 131 cm³/mol. The van der Waals surface area contributed by atoms with E-state index < -0.39 is 12.7 Å². The van der Waals surface area contributed by atoms with Crippen LogP contribution in [0, 0.1) is 20.8 Å². The number of fused-ring (bicyclic) bond motifs is 1. The Morgan fingerprint density at radius 3 is 2.15 bits per heavy atom. The summed E-state index contributed by atoms with van der Waals surface area (Å²) in [6, 6.07) is 5.88. The zero-order valence-electron chi connectivity index (χ0n) is 20.3. The minimum Gasteiger partial charge on any atom is -0.397 e. The Balaban J connectivity index is 2.25. The average Bonchev–Trinajstić information content (AvgIpc) is 3.05. The molecule has 4 nitrogen and oxygen atoms in total. The molecule has 7 heteroatoms. The predicted octanol–water partition coefficient (Wildman–Crippen LogP) is 7.53. The van der Waals surface area contributed by atoms with E-state index in [0.717, 1.165) is 72.0 Å². The maximum atomic E-state index is 13.6. The number of alkyl halides is 3. The Bertz CT molecular complexity index is 1110. The number of benzene rings is 2. The number of nitrogen functional groups attached to an aromatic ring is 1. The molecule has 0 aliphatic carbocycles. The van der Waals surface area contributed by atoms with Gasteiger partial charge in [0.15, 0.2) is 0 Å². The van der Waals surface area contributed by atoms with Crippen LogP contribution in [0.2, 0.25) is 0 Å².